The van der Waals surface area contributed by atoms with E-state index in [1.807, 2.05) is 54.6 Å². The average Bonchev–Trinajstić information content (AvgIpc) is 3.49. The normalized spacial score (nSPS) is 17.1. The Balaban J connectivity index is 1.45. The molecule has 3 aromatic rings. The Morgan fingerprint density at radius 3 is 2.54 bits per heavy atom. The highest BCUT2D eigenvalue weighted by atomic mass is 35.5. The first-order valence-corrected chi connectivity index (χ1v) is 12.6. The van der Waals surface area contributed by atoms with Gasteiger partial charge >= 0.3 is 0 Å². The fourth-order valence-electron chi connectivity index (χ4n) is 4.29. The number of nitrogens with zero attached hydrogens (tertiary/aromatic N) is 2. The average molecular weight is 507 g/mol. The maximum atomic E-state index is 13.1. The minimum atomic E-state index is -0.461. The molecule has 2 heterocycles. The van der Waals surface area contributed by atoms with E-state index in [2.05, 4.69) is 0 Å². The van der Waals surface area contributed by atoms with Crippen molar-refractivity contribution < 1.29 is 19.1 Å². The maximum absolute atomic E-state index is 13.1. The van der Waals surface area contributed by atoms with Crippen LogP contribution in [0, 0.1) is 0 Å². The zero-order valence-corrected chi connectivity index (χ0v) is 20.5. The zero-order chi connectivity index (χ0) is 24.4. The molecule has 0 unspecified atom stereocenters. The second kappa shape index (κ2) is 10.1. The van der Waals surface area contributed by atoms with Crippen molar-refractivity contribution in [3.8, 4) is 5.75 Å². The molecule has 0 saturated carbocycles. The van der Waals surface area contributed by atoms with Crippen molar-refractivity contribution in [3.63, 3.8) is 0 Å². The van der Waals surface area contributed by atoms with Gasteiger partial charge in [0.15, 0.2) is 0 Å². The van der Waals surface area contributed by atoms with Gasteiger partial charge in [-0.25, -0.2) is 0 Å². The van der Waals surface area contributed by atoms with Gasteiger partial charge in [0.1, 0.15) is 18.9 Å². The summed E-state index contributed by atoms with van der Waals surface area (Å²) in [6.45, 7) is 1.37. The van der Waals surface area contributed by atoms with Gasteiger partial charge in [-0.2, -0.15) is 0 Å². The van der Waals surface area contributed by atoms with Gasteiger partial charge in [0.05, 0.1) is 4.91 Å². The number of hydrogen-bond acceptors (Lipinski definition) is 5. The van der Waals surface area contributed by atoms with Gasteiger partial charge in [0, 0.05) is 29.2 Å². The summed E-state index contributed by atoms with van der Waals surface area (Å²) in [4.78, 5) is 41.3. The molecule has 8 heteroatoms. The number of thioether (sulfide) groups is 1. The van der Waals surface area contributed by atoms with Crippen LogP contribution in [0.15, 0.2) is 65.6 Å². The molecule has 3 aromatic carbocycles. The lowest BCUT2D eigenvalue weighted by Crippen LogP contribution is -2.40. The van der Waals surface area contributed by atoms with Gasteiger partial charge in [-0.3, -0.25) is 19.3 Å². The zero-order valence-electron chi connectivity index (χ0n) is 18.9. The smallest absolute Gasteiger partial charge is 0.294 e. The number of ether oxygens (including phenoxy) is 1. The summed E-state index contributed by atoms with van der Waals surface area (Å²) in [5.74, 6) is -0.0823. The molecule has 2 fully saturated rings. The first kappa shape index (κ1) is 23.5. The Labute approximate surface area is 212 Å². The number of hydrogen-bond donors (Lipinski definition) is 0. The van der Waals surface area contributed by atoms with E-state index in [4.69, 9.17) is 16.3 Å². The predicted molar refractivity (Wildman–Crippen MR) is 138 cm³/mol. The third-order valence-electron chi connectivity index (χ3n) is 6.17. The highest BCUT2D eigenvalue weighted by Gasteiger charge is 2.37. The molecule has 178 valence electrons. The molecule has 35 heavy (non-hydrogen) atoms. The molecule has 2 saturated heterocycles. The van der Waals surface area contributed by atoms with E-state index in [0.29, 0.717) is 29.4 Å². The number of imide groups is 1. The highest BCUT2D eigenvalue weighted by Crippen LogP contribution is 2.37. The third kappa shape index (κ3) is 4.92. The van der Waals surface area contributed by atoms with Gasteiger partial charge < -0.3 is 9.64 Å². The van der Waals surface area contributed by atoms with Crippen molar-refractivity contribution in [1.82, 2.24) is 9.80 Å². The SMILES string of the molecule is O=C(CN1C(=O)S/C(=C/c2c(OCc3ccccc3Cl)ccc3ccccc23)C1=O)N1CCCC1. The highest BCUT2D eigenvalue weighted by molar-refractivity contribution is 8.18. The fraction of sp³-hybridized carbons (Fsp3) is 0.222. The summed E-state index contributed by atoms with van der Waals surface area (Å²) in [6, 6.07) is 19.0. The summed E-state index contributed by atoms with van der Waals surface area (Å²) in [6.07, 6.45) is 3.59. The van der Waals surface area contributed by atoms with Gasteiger partial charge in [-0.15, -0.1) is 0 Å². The monoisotopic (exact) mass is 506 g/mol. The van der Waals surface area contributed by atoms with Gasteiger partial charge in [-0.1, -0.05) is 60.1 Å². The summed E-state index contributed by atoms with van der Waals surface area (Å²) >= 11 is 7.14. The number of benzene rings is 3. The van der Waals surface area contributed by atoms with Crippen LogP contribution in [0.2, 0.25) is 5.02 Å². The lowest BCUT2D eigenvalue weighted by molar-refractivity contribution is -0.135. The van der Waals surface area contributed by atoms with E-state index in [9.17, 15) is 14.4 Å². The number of amides is 3. The summed E-state index contributed by atoms with van der Waals surface area (Å²) in [5.41, 5.74) is 1.54. The van der Waals surface area contributed by atoms with Crippen molar-refractivity contribution >= 4 is 57.3 Å². The van der Waals surface area contributed by atoms with Crippen molar-refractivity contribution in [2.24, 2.45) is 0 Å². The Bertz CT molecular complexity index is 1350. The molecule has 2 aliphatic heterocycles. The van der Waals surface area contributed by atoms with Crippen LogP contribution < -0.4 is 4.74 Å². The minimum Gasteiger partial charge on any atom is -0.488 e. The summed E-state index contributed by atoms with van der Waals surface area (Å²) in [5, 5.41) is 2.04. The standard InChI is InChI=1S/C27H23ClN2O4S/c28-22-10-4-2-8-19(22)17-34-23-12-11-18-7-1-3-9-20(18)21(23)15-24-26(32)30(27(33)35-24)16-25(31)29-13-5-6-14-29/h1-4,7-12,15H,5-6,13-14,16-17H2/b24-15+. The molecule has 0 N–H and O–H groups in total. The van der Waals surface area contributed by atoms with E-state index in [1.165, 1.54) is 0 Å². The van der Waals surface area contributed by atoms with Crippen LogP contribution >= 0.6 is 23.4 Å². The minimum absolute atomic E-state index is 0.194. The van der Waals surface area contributed by atoms with Gasteiger partial charge in [-0.05, 0) is 53.6 Å². The summed E-state index contributed by atoms with van der Waals surface area (Å²) < 4.78 is 6.13. The molecule has 0 atom stereocenters. The van der Waals surface area contributed by atoms with Crippen LogP contribution in [0.5, 0.6) is 5.75 Å². The number of halogens is 1. The molecular weight excluding hydrogens is 484 g/mol. The Morgan fingerprint density at radius 1 is 1.00 bits per heavy atom. The lowest BCUT2D eigenvalue weighted by Gasteiger charge is -2.18. The number of carbonyl (C=O) groups excluding carboxylic acids is 3. The van der Waals surface area contributed by atoms with Crippen LogP contribution in [0.4, 0.5) is 4.79 Å². The fourth-order valence-corrected chi connectivity index (χ4v) is 5.30. The molecule has 0 aliphatic carbocycles. The molecule has 0 bridgehead atoms. The quantitative estimate of drug-likeness (QED) is 0.399. The first-order valence-electron chi connectivity index (χ1n) is 11.4. The van der Waals surface area contributed by atoms with Crippen LogP contribution in [-0.2, 0) is 16.2 Å². The molecule has 0 aromatic heterocycles. The maximum Gasteiger partial charge on any atom is 0.294 e. The van der Waals surface area contributed by atoms with Crippen LogP contribution in [0.1, 0.15) is 24.0 Å². The molecule has 0 radical (unpaired) electrons. The predicted octanol–water partition coefficient (Wildman–Crippen LogP) is 5.73. The molecule has 2 aliphatic rings. The van der Waals surface area contributed by atoms with E-state index >= 15 is 0 Å². The van der Waals surface area contributed by atoms with Crippen LogP contribution in [-0.4, -0.2) is 46.5 Å². The first-order chi connectivity index (χ1) is 17.0. The Kier molecular flexibility index (Phi) is 6.79. The molecule has 5 rings (SSSR count). The number of rotatable bonds is 6. The van der Waals surface area contributed by atoms with Crippen LogP contribution in [0.3, 0.4) is 0 Å². The second-order valence-electron chi connectivity index (χ2n) is 8.43. The van der Waals surface area contributed by atoms with E-state index in [1.54, 1.807) is 17.0 Å². The number of likely N-dealkylation sites (tertiary alicyclic amines) is 1. The molecule has 6 nitrogen and oxygen atoms in total. The molecule has 3 amide bonds. The topological polar surface area (TPSA) is 66.9 Å². The van der Waals surface area contributed by atoms with Gasteiger partial charge in [0.2, 0.25) is 5.91 Å². The van der Waals surface area contributed by atoms with Crippen molar-refractivity contribution in [3.05, 3.63) is 81.7 Å². The number of carbonyl (C=O) groups is 3. The third-order valence-corrected chi connectivity index (χ3v) is 7.45. The van der Waals surface area contributed by atoms with Crippen molar-refractivity contribution in [1.29, 1.82) is 0 Å². The van der Waals surface area contributed by atoms with Crippen molar-refractivity contribution in [2.75, 3.05) is 19.6 Å². The van der Waals surface area contributed by atoms with Crippen molar-refractivity contribution in [2.45, 2.75) is 19.4 Å². The van der Waals surface area contributed by atoms with Gasteiger partial charge in [0.25, 0.3) is 11.1 Å². The van der Waals surface area contributed by atoms with E-state index < -0.39 is 11.1 Å². The molecular formula is C27H23ClN2O4S. The van der Waals surface area contributed by atoms with Crippen LogP contribution in [0.25, 0.3) is 16.8 Å². The Hall–Kier alpha value is -3.29. The second-order valence-corrected chi connectivity index (χ2v) is 9.83. The largest absolute Gasteiger partial charge is 0.488 e. The van der Waals surface area contributed by atoms with E-state index in [-0.39, 0.29) is 24.0 Å². The molecule has 0 spiro atoms. The lowest BCUT2D eigenvalue weighted by atomic mass is 10.0. The Morgan fingerprint density at radius 2 is 1.74 bits per heavy atom. The summed E-state index contributed by atoms with van der Waals surface area (Å²) in [7, 11) is 0. The number of fused-ring (bicyclic) bond motifs is 1. The van der Waals surface area contributed by atoms with E-state index in [0.717, 1.165) is 45.8 Å².